The molecule has 1 aromatic rings. The first-order valence-electron chi connectivity index (χ1n) is 7.07. The monoisotopic (exact) mass is 456 g/mol. The Balaban J connectivity index is 0.00000484. The lowest BCUT2D eigenvalue weighted by Crippen LogP contribution is -2.38. The lowest BCUT2D eigenvalue weighted by atomic mass is 10.2. The van der Waals surface area contributed by atoms with Crippen molar-refractivity contribution in [2.24, 2.45) is 4.99 Å². The maximum Gasteiger partial charge on any atom is 0.240 e. The zero-order valence-electron chi connectivity index (χ0n) is 13.6. The molecule has 0 radical (unpaired) electrons. The summed E-state index contributed by atoms with van der Waals surface area (Å²) in [7, 11) is -0.358. The van der Waals surface area contributed by atoms with Gasteiger partial charge in [0.2, 0.25) is 10.0 Å². The van der Waals surface area contributed by atoms with Gasteiger partial charge in [0.1, 0.15) is 0 Å². The smallest absolute Gasteiger partial charge is 0.240 e. The Hall–Kier alpha value is -0.910. The van der Waals surface area contributed by atoms with Crippen LogP contribution in [0.3, 0.4) is 0 Å². The third-order valence-electron chi connectivity index (χ3n) is 2.86. The van der Waals surface area contributed by atoms with E-state index in [4.69, 9.17) is 4.74 Å². The van der Waals surface area contributed by atoms with Crippen molar-refractivity contribution >= 4 is 40.0 Å². The average Bonchev–Trinajstić information content (AvgIpc) is 2.53. The van der Waals surface area contributed by atoms with Gasteiger partial charge in [-0.3, -0.25) is 0 Å². The number of benzene rings is 1. The summed E-state index contributed by atoms with van der Waals surface area (Å²) in [4.78, 5) is 4.68. The predicted molar refractivity (Wildman–Crippen MR) is 103 cm³/mol. The Kier molecular flexibility index (Phi) is 11.1. The van der Waals surface area contributed by atoms with Gasteiger partial charge in [-0.25, -0.2) is 18.1 Å². The van der Waals surface area contributed by atoms with E-state index in [1.165, 1.54) is 7.05 Å². The van der Waals surface area contributed by atoms with Crippen LogP contribution in [0, 0.1) is 0 Å². The van der Waals surface area contributed by atoms with Crippen LogP contribution >= 0.6 is 24.0 Å². The van der Waals surface area contributed by atoms with E-state index in [0.29, 0.717) is 25.7 Å². The molecule has 1 rings (SSSR count). The highest BCUT2D eigenvalue weighted by Gasteiger charge is 2.10. The van der Waals surface area contributed by atoms with Gasteiger partial charge in [0.25, 0.3) is 0 Å². The second-order valence-electron chi connectivity index (χ2n) is 4.47. The largest absolute Gasteiger partial charge is 0.383 e. The summed E-state index contributed by atoms with van der Waals surface area (Å²) in [5, 5.41) is 6.28. The number of nitrogens with one attached hydrogen (secondary N) is 3. The van der Waals surface area contributed by atoms with Crippen LogP contribution in [0.5, 0.6) is 0 Å². The van der Waals surface area contributed by atoms with Crippen molar-refractivity contribution in [3.05, 3.63) is 29.8 Å². The molecule has 0 heterocycles. The van der Waals surface area contributed by atoms with Crippen LogP contribution in [-0.2, 0) is 21.3 Å². The van der Waals surface area contributed by atoms with Crippen LogP contribution < -0.4 is 15.4 Å². The minimum absolute atomic E-state index is 0. The van der Waals surface area contributed by atoms with Crippen molar-refractivity contribution in [2.75, 3.05) is 33.9 Å². The lowest BCUT2D eigenvalue weighted by molar-refractivity contribution is 0.203. The number of sulfonamides is 1. The van der Waals surface area contributed by atoms with Gasteiger partial charge in [-0.15, -0.1) is 24.0 Å². The first-order chi connectivity index (χ1) is 10.5. The normalized spacial score (nSPS) is 11.7. The molecule has 0 unspecified atom stereocenters. The maximum absolute atomic E-state index is 11.6. The van der Waals surface area contributed by atoms with Crippen LogP contribution in [0.25, 0.3) is 0 Å². The Labute approximate surface area is 155 Å². The molecule has 0 aromatic heterocycles. The summed E-state index contributed by atoms with van der Waals surface area (Å²) in [5.41, 5.74) is 0.930. The van der Waals surface area contributed by atoms with E-state index in [1.54, 1.807) is 31.4 Å². The summed E-state index contributed by atoms with van der Waals surface area (Å²) in [6, 6.07) is 6.66. The van der Waals surface area contributed by atoms with Gasteiger partial charge in [-0.05, 0) is 31.7 Å². The Bertz CT molecular complexity index is 576. The zero-order chi connectivity index (χ0) is 16.4. The van der Waals surface area contributed by atoms with E-state index in [9.17, 15) is 8.42 Å². The first-order valence-corrected chi connectivity index (χ1v) is 8.55. The SMILES string of the molecule is CCNC(=NCc1ccc(S(=O)(=O)NC)cc1)NCCOC.I. The van der Waals surface area contributed by atoms with E-state index in [-0.39, 0.29) is 28.9 Å². The molecule has 0 aliphatic carbocycles. The molecular formula is C14H25IN4O3S. The van der Waals surface area contributed by atoms with Gasteiger partial charge in [0, 0.05) is 20.2 Å². The van der Waals surface area contributed by atoms with E-state index in [1.807, 2.05) is 6.92 Å². The van der Waals surface area contributed by atoms with Crippen molar-refractivity contribution in [2.45, 2.75) is 18.4 Å². The zero-order valence-corrected chi connectivity index (χ0v) is 16.8. The summed E-state index contributed by atoms with van der Waals surface area (Å²) in [6.45, 7) is 4.48. The molecule has 7 nitrogen and oxygen atoms in total. The molecule has 1 aromatic carbocycles. The number of aliphatic imine (C=N–C) groups is 1. The van der Waals surface area contributed by atoms with E-state index in [0.717, 1.165) is 12.1 Å². The van der Waals surface area contributed by atoms with Crippen LogP contribution in [0.1, 0.15) is 12.5 Å². The molecule has 0 bridgehead atoms. The van der Waals surface area contributed by atoms with Crippen molar-refractivity contribution in [3.63, 3.8) is 0 Å². The van der Waals surface area contributed by atoms with E-state index < -0.39 is 10.0 Å². The number of nitrogens with zero attached hydrogens (tertiary/aromatic N) is 1. The summed E-state index contributed by atoms with van der Waals surface area (Å²) < 4.78 is 30.5. The van der Waals surface area contributed by atoms with Gasteiger partial charge in [0.15, 0.2) is 5.96 Å². The van der Waals surface area contributed by atoms with Crippen molar-refractivity contribution in [1.82, 2.24) is 15.4 Å². The summed E-state index contributed by atoms with van der Waals surface area (Å²) in [6.07, 6.45) is 0. The Morgan fingerprint density at radius 2 is 1.87 bits per heavy atom. The summed E-state index contributed by atoms with van der Waals surface area (Å²) in [5.74, 6) is 0.700. The third-order valence-corrected chi connectivity index (χ3v) is 4.30. The van der Waals surface area contributed by atoms with Gasteiger partial charge in [0.05, 0.1) is 18.0 Å². The topological polar surface area (TPSA) is 91.8 Å². The van der Waals surface area contributed by atoms with Gasteiger partial charge >= 0.3 is 0 Å². The number of rotatable bonds is 8. The number of hydrogen-bond acceptors (Lipinski definition) is 4. The highest BCUT2D eigenvalue weighted by molar-refractivity contribution is 14.0. The molecule has 9 heteroatoms. The fourth-order valence-corrected chi connectivity index (χ4v) is 2.41. The van der Waals surface area contributed by atoms with Crippen LogP contribution in [0.2, 0.25) is 0 Å². The molecule has 132 valence electrons. The fraction of sp³-hybridized carbons (Fsp3) is 0.500. The standard InChI is InChI=1S/C14H24N4O3S.HI/c1-4-16-14(17-9-10-21-3)18-11-12-5-7-13(8-6-12)22(19,20)15-2;/h5-8,15H,4,9-11H2,1-3H3,(H2,16,17,18);1H. The minimum Gasteiger partial charge on any atom is -0.383 e. The number of hydrogen-bond donors (Lipinski definition) is 3. The van der Waals surface area contributed by atoms with E-state index >= 15 is 0 Å². The first kappa shape index (κ1) is 22.1. The van der Waals surface area contributed by atoms with Crippen molar-refractivity contribution in [3.8, 4) is 0 Å². The molecule has 0 saturated carbocycles. The predicted octanol–water partition coefficient (Wildman–Crippen LogP) is 0.914. The second kappa shape index (κ2) is 11.6. The molecule has 0 atom stereocenters. The van der Waals surface area contributed by atoms with E-state index in [2.05, 4.69) is 20.3 Å². The number of halogens is 1. The second-order valence-corrected chi connectivity index (χ2v) is 6.35. The highest BCUT2D eigenvalue weighted by atomic mass is 127. The Morgan fingerprint density at radius 3 is 2.39 bits per heavy atom. The molecule has 3 N–H and O–H groups in total. The number of methoxy groups -OCH3 is 1. The molecule has 0 aliphatic rings. The third kappa shape index (κ3) is 7.95. The molecule has 0 aliphatic heterocycles. The average molecular weight is 456 g/mol. The molecule has 0 amide bonds. The van der Waals surface area contributed by atoms with Gasteiger partial charge in [-0.1, -0.05) is 12.1 Å². The van der Waals surface area contributed by atoms with Crippen LogP contribution in [0.4, 0.5) is 0 Å². The molecule has 0 fully saturated rings. The van der Waals surface area contributed by atoms with Gasteiger partial charge in [-0.2, -0.15) is 0 Å². The molecule has 0 saturated heterocycles. The quantitative estimate of drug-likeness (QED) is 0.234. The van der Waals surface area contributed by atoms with Crippen molar-refractivity contribution in [1.29, 1.82) is 0 Å². The van der Waals surface area contributed by atoms with Crippen LogP contribution in [0.15, 0.2) is 34.2 Å². The molecule has 23 heavy (non-hydrogen) atoms. The summed E-state index contributed by atoms with van der Waals surface area (Å²) >= 11 is 0. The Morgan fingerprint density at radius 1 is 1.22 bits per heavy atom. The molecular weight excluding hydrogens is 431 g/mol. The lowest BCUT2D eigenvalue weighted by Gasteiger charge is -2.10. The number of ether oxygens (including phenoxy) is 1. The maximum atomic E-state index is 11.6. The van der Waals surface area contributed by atoms with Crippen molar-refractivity contribution < 1.29 is 13.2 Å². The van der Waals surface area contributed by atoms with Gasteiger partial charge < -0.3 is 15.4 Å². The number of guanidine groups is 1. The minimum atomic E-state index is -3.39. The molecule has 0 spiro atoms. The fourth-order valence-electron chi connectivity index (χ4n) is 1.68. The highest BCUT2D eigenvalue weighted by Crippen LogP contribution is 2.10. The van der Waals surface area contributed by atoms with Crippen LogP contribution in [-0.4, -0.2) is 48.2 Å².